The van der Waals surface area contributed by atoms with Gasteiger partial charge >= 0.3 is 0 Å². The van der Waals surface area contributed by atoms with E-state index in [2.05, 4.69) is 22.5 Å². The van der Waals surface area contributed by atoms with E-state index >= 15 is 0 Å². The van der Waals surface area contributed by atoms with E-state index in [1.54, 1.807) is 17.1 Å². The van der Waals surface area contributed by atoms with Crippen molar-refractivity contribution in [3.63, 3.8) is 0 Å². The first-order valence-electron chi connectivity index (χ1n) is 9.23. The van der Waals surface area contributed by atoms with Crippen LogP contribution in [0.25, 0.3) is 0 Å². The average Bonchev–Trinajstić information content (AvgIpc) is 3.17. The highest BCUT2D eigenvalue weighted by atomic mass is 16.5. The van der Waals surface area contributed by atoms with Crippen molar-refractivity contribution in [1.82, 2.24) is 15.1 Å². The van der Waals surface area contributed by atoms with Crippen LogP contribution in [0.2, 0.25) is 0 Å². The van der Waals surface area contributed by atoms with Crippen molar-refractivity contribution >= 4 is 5.91 Å². The van der Waals surface area contributed by atoms with Crippen LogP contribution in [0.15, 0.2) is 73.1 Å². The number of carbonyl (C=O) groups excluding carboxylic acids is 1. The number of carbonyl (C=O) groups is 1. The highest BCUT2D eigenvalue weighted by Crippen LogP contribution is 2.15. The normalized spacial score (nSPS) is 11.9. The molecule has 3 rings (SSSR count). The van der Waals surface area contributed by atoms with E-state index in [1.807, 2.05) is 55.5 Å². The summed E-state index contributed by atoms with van der Waals surface area (Å²) in [5.74, 6) is -0.106. The zero-order valence-corrected chi connectivity index (χ0v) is 15.5. The topological polar surface area (TPSA) is 56.1 Å². The number of hydrogen-bond donors (Lipinski definition) is 1. The van der Waals surface area contributed by atoms with Crippen molar-refractivity contribution in [1.29, 1.82) is 0 Å². The Kier molecular flexibility index (Phi) is 6.77. The van der Waals surface area contributed by atoms with Crippen LogP contribution in [-0.2, 0) is 11.3 Å². The maximum Gasteiger partial charge on any atom is 0.254 e. The quantitative estimate of drug-likeness (QED) is 0.588. The summed E-state index contributed by atoms with van der Waals surface area (Å²) in [5, 5.41) is 7.18. The van der Waals surface area contributed by atoms with Crippen LogP contribution in [0, 0.1) is 0 Å². The smallest absolute Gasteiger partial charge is 0.254 e. The van der Waals surface area contributed by atoms with Gasteiger partial charge in [-0.2, -0.15) is 5.10 Å². The van der Waals surface area contributed by atoms with Gasteiger partial charge in [-0.3, -0.25) is 9.48 Å². The van der Waals surface area contributed by atoms with Gasteiger partial charge < -0.3 is 10.1 Å². The number of hydrogen-bond acceptors (Lipinski definition) is 3. The summed E-state index contributed by atoms with van der Waals surface area (Å²) in [6.07, 6.45) is 4.20. The first-order valence-corrected chi connectivity index (χ1v) is 9.23. The van der Waals surface area contributed by atoms with Crippen molar-refractivity contribution in [2.45, 2.75) is 26.0 Å². The Morgan fingerprint density at radius 3 is 2.56 bits per heavy atom. The SMILES string of the molecule is C[C@H](OCCCNC(=O)c1cnn(Cc2ccccc2)c1)c1ccccc1. The maximum atomic E-state index is 12.2. The Labute approximate surface area is 160 Å². The number of ether oxygens (including phenoxy) is 1. The van der Waals surface area contributed by atoms with Crippen molar-refractivity contribution in [2.24, 2.45) is 0 Å². The fourth-order valence-electron chi connectivity index (χ4n) is 2.79. The molecule has 1 amide bonds. The van der Waals surface area contributed by atoms with Gasteiger partial charge in [-0.05, 0) is 24.5 Å². The Bertz CT molecular complexity index is 831. The second-order valence-corrected chi connectivity index (χ2v) is 6.45. The molecule has 1 aromatic heterocycles. The largest absolute Gasteiger partial charge is 0.374 e. The lowest BCUT2D eigenvalue weighted by molar-refractivity contribution is 0.0635. The molecule has 0 unspecified atom stereocenters. The molecule has 0 spiro atoms. The minimum atomic E-state index is -0.106. The van der Waals surface area contributed by atoms with Crippen LogP contribution in [-0.4, -0.2) is 28.8 Å². The van der Waals surface area contributed by atoms with Crippen LogP contribution < -0.4 is 5.32 Å². The summed E-state index contributed by atoms with van der Waals surface area (Å²) in [5.41, 5.74) is 2.88. The first-order chi connectivity index (χ1) is 13.2. The zero-order valence-electron chi connectivity index (χ0n) is 15.5. The second kappa shape index (κ2) is 9.69. The van der Waals surface area contributed by atoms with Gasteiger partial charge in [0.05, 0.1) is 24.4 Å². The van der Waals surface area contributed by atoms with Crippen LogP contribution >= 0.6 is 0 Å². The van der Waals surface area contributed by atoms with Crippen LogP contribution in [0.4, 0.5) is 0 Å². The molecule has 140 valence electrons. The minimum Gasteiger partial charge on any atom is -0.374 e. The summed E-state index contributed by atoms with van der Waals surface area (Å²) in [7, 11) is 0. The number of amides is 1. The molecule has 0 saturated heterocycles. The molecule has 5 heteroatoms. The molecule has 0 fully saturated rings. The molecule has 0 aliphatic heterocycles. The number of nitrogens with one attached hydrogen (secondary N) is 1. The Balaban J connectivity index is 1.37. The predicted molar refractivity (Wildman–Crippen MR) is 106 cm³/mol. The number of nitrogens with zero attached hydrogens (tertiary/aromatic N) is 2. The van der Waals surface area contributed by atoms with Crippen molar-refractivity contribution < 1.29 is 9.53 Å². The Hall–Kier alpha value is -2.92. The van der Waals surface area contributed by atoms with Gasteiger partial charge in [0.15, 0.2) is 0 Å². The maximum absolute atomic E-state index is 12.2. The molecular weight excluding hydrogens is 338 g/mol. The highest BCUT2D eigenvalue weighted by molar-refractivity contribution is 5.93. The molecule has 5 nitrogen and oxygen atoms in total. The fraction of sp³-hybridized carbons (Fsp3) is 0.273. The third-order valence-corrected chi connectivity index (χ3v) is 4.33. The molecule has 0 radical (unpaired) electrons. The van der Waals surface area contributed by atoms with Gasteiger partial charge in [-0.1, -0.05) is 60.7 Å². The number of benzene rings is 2. The lowest BCUT2D eigenvalue weighted by Gasteiger charge is -2.13. The van der Waals surface area contributed by atoms with Crippen molar-refractivity contribution in [3.8, 4) is 0 Å². The summed E-state index contributed by atoms with van der Waals surface area (Å²) < 4.78 is 7.59. The molecular formula is C22H25N3O2. The van der Waals surface area contributed by atoms with Gasteiger partial charge in [-0.15, -0.1) is 0 Å². The standard InChI is InChI=1S/C22H25N3O2/c1-18(20-11-6-3-7-12-20)27-14-8-13-23-22(26)21-15-24-25(17-21)16-19-9-4-2-5-10-19/h2-7,9-12,15,17-18H,8,13-14,16H2,1H3,(H,23,26)/t18-/m0/s1. The molecule has 27 heavy (non-hydrogen) atoms. The second-order valence-electron chi connectivity index (χ2n) is 6.45. The summed E-state index contributed by atoms with van der Waals surface area (Å²) in [6, 6.07) is 20.2. The van der Waals surface area contributed by atoms with E-state index in [4.69, 9.17) is 4.74 Å². The minimum absolute atomic E-state index is 0.0538. The van der Waals surface area contributed by atoms with Crippen molar-refractivity contribution in [3.05, 3.63) is 89.7 Å². The Morgan fingerprint density at radius 1 is 1.11 bits per heavy atom. The van der Waals surface area contributed by atoms with Gasteiger partial charge in [-0.25, -0.2) is 0 Å². The highest BCUT2D eigenvalue weighted by Gasteiger charge is 2.09. The fourth-order valence-corrected chi connectivity index (χ4v) is 2.79. The summed E-state index contributed by atoms with van der Waals surface area (Å²) in [4.78, 5) is 12.2. The Morgan fingerprint density at radius 2 is 1.81 bits per heavy atom. The third-order valence-electron chi connectivity index (χ3n) is 4.33. The summed E-state index contributed by atoms with van der Waals surface area (Å²) >= 11 is 0. The van der Waals surface area contributed by atoms with E-state index in [9.17, 15) is 4.79 Å². The molecule has 1 N–H and O–H groups in total. The molecule has 1 atom stereocenters. The molecule has 0 aliphatic rings. The van der Waals surface area contributed by atoms with E-state index < -0.39 is 0 Å². The molecule has 0 bridgehead atoms. The summed E-state index contributed by atoms with van der Waals surface area (Å²) in [6.45, 7) is 3.86. The van der Waals surface area contributed by atoms with E-state index in [1.165, 1.54) is 0 Å². The van der Waals surface area contributed by atoms with Crippen LogP contribution in [0.5, 0.6) is 0 Å². The number of rotatable bonds is 9. The average molecular weight is 363 g/mol. The molecule has 3 aromatic rings. The number of aromatic nitrogens is 2. The van der Waals surface area contributed by atoms with Crippen LogP contribution in [0.1, 0.15) is 40.9 Å². The van der Waals surface area contributed by atoms with Gasteiger partial charge in [0.1, 0.15) is 0 Å². The predicted octanol–water partition coefficient (Wildman–Crippen LogP) is 3.83. The van der Waals surface area contributed by atoms with E-state index in [0.29, 0.717) is 25.3 Å². The van der Waals surface area contributed by atoms with Gasteiger partial charge in [0, 0.05) is 19.3 Å². The van der Waals surface area contributed by atoms with E-state index in [-0.39, 0.29) is 12.0 Å². The molecule has 0 aliphatic carbocycles. The molecule has 1 heterocycles. The third kappa shape index (κ3) is 5.79. The molecule has 2 aromatic carbocycles. The van der Waals surface area contributed by atoms with Gasteiger partial charge in [0.2, 0.25) is 0 Å². The van der Waals surface area contributed by atoms with E-state index in [0.717, 1.165) is 17.5 Å². The zero-order chi connectivity index (χ0) is 18.9. The monoisotopic (exact) mass is 363 g/mol. The lowest BCUT2D eigenvalue weighted by Crippen LogP contribution is -2.25. The van der Waals surface area contributed by atoms with Crippen LogP contribution in [0.3, 0.4) is 0 Å². The van der Waals surface area contributed by atoms with Crippen molar-refractivity contribution in [2.75, 3.05) is 13.2 Å². The molecule has 0 saturated carbocycles. The van der Waals surface area contributed by atoms with Gasteiger partial charge in [0.25, 0.3) is 5.91 Å². The first kappa shape index (κ1) is 18.9. The lowest BCUT2D eigenvalue weighted by atomic mass is 10.1.